The molecule has 10 heteroatoms. The molecule has 0 saturated heterocycles. The second-order valence-corrected chi connectivity index (χ2v) is 3.82. The molecule has 16 heavy (non-hydrogen) atoms. The predicted molar refractivity (Wildman–Crippen MR) is 45.3 cm³/mol. The number of cyclic esters (lactones) is 1. The fraction of sp³-hybridized carbons (Fsp3) is 0.500. The lowest BCUT2D eigenvalue weighted by atomic mass is 10.2. The summed E-state index contributed by atoms with van der Waals surface area (Å²) in [7, 11) is -4.99. The fourth-order valence-electron chi connectivity index (χ4n) is 0.997. The molecule has 0 saturated carbocycles. The van der Waals surface area contributed by atoms with Gasteiger partial charge in [-0.1, -0.05) is 0 Å². The molecule has 1 aliphatic heterocycles. The van der Waals surface area contributed by atoms with Crippen molar-refractivity contribution in [3.8, 4) is 0 Å². The van der Waals surface area contributed by atoms with Crippen molar-refractivity contribution in [1.82, 2.24) is 0 Å². The summed E-state index contributed by atoms with van der Waals surface area (Å²) in [4.78, 5) is 11.0. The number of aliphatic hydroxyl groups is 3. The van der Waals surface area contributed by atoms with E-state index in [1.165, 1.54) is 0 Å². The van der Waals surface area contributed by atoms with E-state index in [-0.39, 0.29) is 0 Å². The Kier molecular flexibility index (Phi) is 3.38. The highest BCUT2D eigenvalue weighted by molar-refractivity contribution is 7.81. The molecule has 0 aromatic rings. The third-order valence-electron chi connectivity index (χ3n) is 1.65. The quantitative estimate of drug-likeness (QED) is 0.326. The summed E-state index contributed by atoms with van der Waals surface area (Å²) in [5.41, 5.74) is 0. The predicted octanol–water partition coefficient (Wildman–Crippen LogP) is -2.15. The average Bonchev–Trinajstić information content (AvgIpc) is 2.42. The van der Waals surface area contributed by atoms with E-state index in [2.05, 4.69) is 8.92 Å². The van der Waals surface area contributed by atoms with E-state index in [1.807, 2.05) is 0 Å². The highest BCUT2D eigenvalue weighted by Gasteiger charge is 2.42. The van der Waals surface area contributed by atoms with E-state index in [4.69, 9.17) is 14.8 Å². The van der Waals surface area contributed by atoms with Gasteiger partial charge in [-0.05, 0) is 0 Å². The summed E-state index contributed by atoms with van der Waals surface area (Å²) in [6.07, 6.45) is -3.26. The molecule has 0 spiro atoms. The summed E-state index contributed by atoms with van der Waals surface area (Å²) in [5.74, 6) is -3.56. The maximum absolute atomic E-state index is 11.0. The summed E-state index contributed by atoms with van der Waals surface area (Å²) in [6, 6.07) is 0. The van der Waals surface area contributed by atoms with Crippen LogP contribution in [0, 0.1) is 0 Å². The van der Waals surface area contributed by atoms with E-state index in [9.17, 15) is 18.3 Å². The molecule has 4 N–H and O–H groups in total. The van der Waals surface area contributed by atoms with Gasteiger partial charge in [0.25, 0.3) is 5.76 Å². The first-order valence-electron chi connectivity index (χ1n) is 3.86. The Morgan fingerprint density at radius 1 is 1.50 bits per heavy atom. The molecule has 1 aliphatic rings. The first-order chi connectivity index (χ1) is 7.26. The zero-order valence-corrected chi connectivity index (χ0v) is 8.42. The zero-order valence-electron chi connectivity index (χ0n) is 7.60. The Labute approximate surface area is 89.5 Å². The van der Waals surface area contributed by atoms with Gasteiger partial charge in [-0.15, -0.1) is 0 Å². The van der Waals surface area contributed by atoms with Gasteiger partial charge in [0, 0.05) is 0 Å². The first kappa shape index (κ1) is 12.7. The van der Waals surface area contributed by atoms with Crippen LogP contribution < -0.4 is 0 Å². The zero-order chi connectivity index (χ0) is 12.5. The number of aliphatic hydroxyl groups excluding tert-OH is 3. The van der Waals surface area contributed by atoms with Gasteiger partial charge in [-0.3, -0.25) is 4.55 Å². The molecule has 0 bridgehead atoms. The van der Waals surface area contributed by atoms with Crippen molar-refractivity contribution in [1.29, 1.82) is 0 Å². The van der Waals surface area contributed by atoms with Crippen molar-refractivity contribution >= 4 is 16.4 Å². The Morgan fingerprint density at radius 2 is 2.06 bits per heavy atom. The van der Waals surface area contributed by atoms with Crippen molar-refractivity contribution in [3.63, 3.8) is 0 Å². The van der Waals surface area contributed by atoms with E-state index in [1.54, 1.807) is 0 Å². The standard InChI is InChI=1S/C6H8O9S/c7-1-2(8)4-3(9)5(6(10)14-4)15-16(11,12)13/h2,4,7-9H,1H2,(H,11,12,13)/t2-,4-/m0/s1. The number of esters is 1. The Morgan fingerprint density at radius 3 is 2.50 bits per heavy atom. The third kappa shape index (κ3) is 2.61. The number of hydrogen-bond donors (Lipinski definition) is 4. The molecule has 0 aliphatic carbocycles. The van der Waals surface area contributed by atoms with Crippen molar-refractivity contribution in [2.24, 2.45) is 0 Å². The molecule has 0 amide bonds. The maximum atomic E-state index is 11.0. The Balaban J connectivity index is 2.98. The third-order valence-corrected chi connectivity index (χ3v) is 2.02. The van der Waals surface area contributed by atoms with E-state index < -0.39 is 46.7 Å². The minimum atomic E-state index is -4.99. The largest absolute Gasteiger partial charge is 0.505 e. The molecule has 0 fully saturated rings. The molecule has 0 unspecified atom stereocenters. The lowest BCUT2D eigenvalue weighted by Gasteiger charge is -2.13. The van der Waals surface area contributed by atoms with Gasteiger partial charge in [0.2, 0.25) is 0 Å². The van der Waals surface area contributed by atoms with Crippen LogP contribution in [0.3, 0.4) is 0 Å². The van der Waals surface area contributed by atoms with Crippen LogP contribution in [0.4, 0.5) is 0 Å². The number of ether oxygens (including phenoxy) is 1. The smallest absolute Gasteiger partial charge is 0.446 e. The van der Waals surface area contributed by atoms with Crippen LogP contribution in [0.2, 0.25) is 0 Å². The number of carbonyl (C=O) groups excluding carboxylic acids is 1. The molecule has 1 rings (SSSR count). The van der Waals surface area contributed by atoms with Crippen molar-refractivity contribution in [3.05, 3.63) is 11.5 Å². The molecule has 92 valence electrons. The van der Waals surface area contributed by atoms with E-state index in [0.717, 1.165) is 0 Å². The Bertz CT molecular complexity index is 421. The van der Waals surface area contributed by atoms with Crippen molar-refractivity contribution in [2.75, 3.05) is 6.61 Å². The van der Waals surface area contributed by atoms with Gasteiger partial charge >= 0.3 is 16.4 Å². The normalized spacial score (nSPS) is 23.2. The molecule has 0 radical (unpaired) electrons. The molecular formula is C6H8O9S. The minimum Gasteiger partial charge on any atom is -0.505 e. The summed E-state index contributed by atoms with van der Waals surface area (Å²) in [6.45, 7) is -0.832. The summed E-state index contributed by atoms with van der Waals surface area (Å²) in [5, 5.41) is 26.9. The molecule has 0 aromatic carbocycles. The monoisotopic (exact) mass is 256 g/mol. The lowest BCUT2D eigenvalue weighted by molar-refractivity contribution is -0.147. The molecule has 2 atom stereocenters. The molecular weight excluding hydrogens is 248 g/mol. The lowest BCUT2D eigenvalue weighted by Crippen LogP contribution is -2.31. The maximum Gasteiger partial charge on any atom is 0.446 e. The van der Waals surface area contributed by atoms with Crippen LogP contribution in [0.5, 0.6) is 0 Å². The van der Waals surface area contributed by atoms with Gasteiger partial charge in [0.15, 0.2) is 11.9 Å². The molecule has 1 heterocycles. The second-order valence-electron chi connectivity index (χ2n) is 2.80. The highest BCUT2D eigenvalue weighted by atomic mass is 32.3. The van der Waals surface area contributed by atoms with Gasteiger partial charge in [0.1, 0.15) is 6.10 Å². The van der Waals surface area contributed by atoms with Crippen molar-refractivity contribution in [2.45, 2.75) is 12.2 Å². The van der Waals surface area contributed by atoms with Crippen molar-refractivity contribution < 1.29 is 42.0 Å². The van der Waals surface area contributed by atoms with E-state index >= 15 is 0 Å². The first-order valence-corrected chi connectivity index (χ1v) is 5.22. The highest BCUT2D eigenvalue weighted by Crippen LogP contribution is 2.24. The van der Waals surface area contributed by atoms with Crippen LogP contribution in [0.25, 0.3) is 0 Å². The van der Waals surface area contributed by atoms with Gasteiger partial charge in [-0.2, -0.15) is 8.42 Å². The second kappa shape index (κ2) is 4.25. The van der Waals surface area contributed by atoms with Gasteiger partial charge < -0.3 is 24.2 Å². The van der Waals surface area contributed by atoms with Gasteiger partial charge in [0.05, 0.1) is 6.61 Å². The molecule has 0 aromatic heterocycles. The van der Waals surface area contributed by atoms with Crippen LogP contribution in [0.1, 0.15) is 0 Å². The Hall–Kier alpha value is -1.36. The van der Waals surface area contributed by atoms with Crippen LogP contribution in [-0.4, -0.2) is 53.1 Å². The summed E-state index contributed by atoms with van der Waals surface area (Å²) >= 11 is 0. The summed E-state index contributed by atoms with van der Waals surface area (Å²) < 4.78 is 36.9. The van der Waals surface area contributed by atoms with Crippen LogP contribution >= 0.6 is 0 Å². The number of hydrogen-bond acceptors (Lipinski definition) is 8. The van der Waals surface area contributed by atoms with E-state index in [0.29, 0.717) is 0 Å². The minimum absolute atomic E-state index is 0.832. The number of rotatable bonds is 4. The topological polar surface area (TPSA) is 151 Å². The SMILES string of the molecule is O=C1O[C@@H]([C@@H](O)CO)C(O)=C1OS(=O)(=O)O. The molecule has 9 nitrogen and oxygen atoms in total. The number of carbonyl (C=O) groups is 1. The van der Waals surface area contributed by atoms with Crippen LogP contribution in [0.15, 0.2) is 11.5 Å². The average molecular weight is 256 g/mol. The van der Waals surface area contributed by atoms with Crippen LogP contribution in [-0.2, 0) is 24.1 Å². The van der Waals surface area contributed by atoms with Gasteiger partial charge in [-0.25, -0.2) is 4.79 Å². The fourth-order valence-corrected chi connectivity index (χ4v) is 1.36.